The molecular formula is C19H27N3OS. The third-order valence-corrected chi connectivity index (χ3v) is 4.97. The average Bonchev–Trinajstić information content (AvgIpc) is 2.85. The topological polar surface area (TPSA) is 46.9 Å². The zero-order valence-corrected chi connectivity index (χ0v) is 15.8. The number of benzene rings is 1. The van der Waals surface area contributed by atoms with Crippen LogP contribution in [0.5, 0.6) is 0 Å². The van der Waals surface area contributed by atoms with Crippen molar-refractivity contribution in [3.05, 3.63) is 47.3 Å². The summed E-state index contributed by atoms with van der Waals surface area (Å²) in [6.45, 7) is 8.98. The molecule has 1 amide bonds. The van der Waals surface area contributed by atoms with Gasteiger partial charge in [0.1, 0.15) is 0 Å². The van der Waals surface area contributed by atoms with E-state index >= 15 is 0 Å². The van der Waals surface area contributed by atoms with Gasteiger partial charge in [-0.25, -0.2) is 4.68 Å². The normalized spacial score (nSPS) is 11.0. The highest BCUT2D eigenvalue weighted by Gasteiger charge is 2.13. The Kier molecular flexibility index (Phi) is 6.91. The van der Waals surface area contributed by atoms with Crippen molar-refractivity contribution < 1.29 is 4.79 Å². The fourth-order valence-electron chi connectivity index (χ4n) is 2.47. The third kappa shape index (κ3) is 5.13. The molecule has 4 nitrogen and oxygen atoms in total. The number of rotatable bonds is 8. The SMILES string of the molecule is Cc1nn(-c2ccccc2)c(C)c1CNC(=O)CSCCC(C)C. The first-order valence-corrected chi connectivity index (χ1v) is 9.59. The van der Waals surface area contributed by atoms with Crippen LogP contribution in [0.1, 0.15) is 37.2 Å². The number of aryl methyl sites for hydroxylation is 1. The summed E-state index contributed by atoms with van der Waals surface area (Å²) in [5.41, 5.74) is 4.18. The number of aromatic nitrogens is 2. The summed E-state index contributed by atoms with van der Waals surface area (Å²) in [5, 5.41) is 7.63. The van der Waals surface area contributed by atoms with Gasteiger partial charge in [-0.15, -0.1) is 0 Å². The highest BCUT2D eigenvalue weighted by atomic mass is 32.2. The average molecular weight is 346 g/mol. The van der Waals surface area contributed by atoms with Crippen molar-refractivity contribution in [2.75, 3.05) is 11.5 Å². The van der Waals surface area contributed by atoms with Crippen LogP contribution in [0.2, 0.25) is 0 Å². The van der Waals surface area contributed by atoms with Crippen molar-refractivity contribution >= 4 is 17.7 Å². The van der Waals surface area contributed by atoms with E-state index in [0.717, 1.165) is 34.8 Å². The number of hydrogen-bond donors (Lipinski definition) is 1. The largest absolute Gasteiger partial charge is 0.351 e. The summed E-state index contributed by atoms with van der Waals surface area (Å²) in [5.74, 6) is 2.34. The number of thioether (sulfide) groups is 1. The predicted molar refractivity (Wildman–Crippen MR) is 102 cm³/mol. The molecule has 24 heavy (non-hydrogen) atoms. The van der Waals surface area contributed by atoms with Crippen molar-refractivity contribution in [1.29, 1.82) is 0 Å². The van der Waals surface area contributed by atoms with Gasteiger partial charge in [-0.3, -0.25) is 4.79 Å². The first-order valence-electron chi connectivity index (χ1n) is 8.44. The van der Waals surface area contributed by atoms with Gasteiger partial charge in [0, 0.05) is 17.8 Å². The van der Waals surface area contributed by atoms with E-state index in [-0.39, 0.29) is 5.91 Å². The molecule has 5 heteroatoms. The van der Waals surface area contributed by atoms with Crippen molar-refractivity contribution in [1.82, 2.24) is 15.1 Å². The molecule has 1 aromatic heterocycles. The molecule has 0 unspecified atom stereocenters. The molecule has 0 spiro atoms. The molecule has 130 valence electrons. The second-order valence-electron chi connectivity index (χ2n) is 6.41. The lowest BCUT2D eigenvalue weighted by molar-refractivity contribution is -0.118. The van der Waals surface area contributed by atoms with Gasteiger partial charge < -0.3 is 5.32 Å². The fourth-order valence-corrected chi connectivity index (χ4v) is 3.54. The van der Waals surface area contributed by atoms with E-state index in [1.165, 1.54) is 0 Å². The minimum Gasteiger partial charge on any atom is -0.351 e. The minimum absolute atomic E-state index is 0.0926. The van der Waals surface area contributed by atoms with E-state index in [1.54, 1.807) is 11.8 Å². The molecule has 2 rings (SSSR count). The summed E-state index contributed by atoms with van der Waals surface area (Å²) in [6.07, 6.45) is 1.15. The van der Waals surface area contributed by atoms with E-state index in [2.05, 4.69) is 24.3 Å². The van der Waals surface area contributed by atoms with Crippen LogP contribution in [0.4, 0.5) is 0 Å². The predicted octanol–water partition coefficient (Wildman–Crippen LogP) is 3.88. The molecule has 0 aliphatic rings. The third-order valence-electron chi connectivity index (χ3n) is 3.98. The Morgan fingerprint density at radius 2 is 1.96 bits per heavy atom. The van der Waals surface area contributed by atoms with E-state index in [4.69, 9.17) is 0 Å². The van der Waals surface area contributed by atoms with Crippen molar-refractivity contribution in [2.24, 2.45) is 5.92 Å². The summed E-state index contributed by atoms with van der Waals surface area (Å²) in [7, 11) is 0. The maximum atomic E-state index is 12.0. The number of amides is 1. The minimum atomic E-state index is 0.0926. The number of carbonyl (C=O) groups excluding carboxylic acids is 1. The van der Waals surface area contributed by atoms with E-state index in [1.807, 2.05) is 48.9 Å². The standard InChI is InChI=1S/C19H27N3OS/c1-14(2)10-11-24-13-19(23)20-12-18-15(3)21-22(16(18)4)17-8-6-5-7-9-17/h5-9,14H,10-13H2,1-4H3,(H,20,23). The van der Waals surface area contributed by atoms with Crippen LogP contribution >= 0.6 is 11.8 Å². The molecule has 2 aromatic rings. The molecule has 1 N–H and O–H groups in total. The number of para-hydroxylation sites is 1. The summed E-state index contributed by atoms with van der Waals surface area (Å²) >= 11 is 1.70. The van der Waals surface area contributed by atoms with Gasteiger partial charge in [0.25, 0.3) is 0 Å². The zero-order valence-electron chi connectivity index (χ0n) is 15.0. The lowest BCUT2D eigenvalue weighted by atomic mass is 10.2. The zero-order chi connectivity index (χ0) is 17.5. The maximum Gasteiger partial charge on any atom is 0.230 e. The molecule has 0 saturated carbocycles. The van der Waals surface area contributed by atoms with Gasteiger partial charge in [0.05, 0.1) is 17.1 Å². The lowest BCUT2D eigenvalue weighted by Crippen LogP contribution is -2.25. The Bertz CT molecular complexity index is 665. The summed E-state index contributed by atoms with van der Waals surface area (Å²) in [6, 6.07) is 10.1. The Morgan fingerprint density at radius 1 is 1.25 bits per heavy atom. The highest BCUT2D eigenvalue weighted by molar-refractivity contribution is 7.99. The Morgan fingerprint density at radius 3 is 2.62 bits per heavy atom. The van der Waals surface area contributed by atoms with Gasteiger partial charge in [-0.05, 0) is 44.1 Å². The van der Waals surface area contributed by atoms with Crippen LogP contribution in [0.15, 0.2) is 30.3 Å². The Labute approximate surface area is 149 Å². The van der Waals surface area contributed by atoms with E-state index in [0.29, 0.717) is 18.2 Å². The van der Waals surface area contributed by atoms with Gasteiger partial charge in [-0.1, -0.05) is 32.0 Å². The van der Waals surface area contributed by atoms with Crippen LogP contribution in [-0.2, 0) is 11.3 Å². The summed E-state index contributed by atoms with van der Waals surface area (Å²) in [4.78, 5) is 12.0. The molecule has 0 radical (unpaired) electrons. The summed E-state index contributed by atoms with van der Waals surface area (Å²) < 4.78 is 1.94. The number of nitrogens with zero attached hydrogens (tertiary/aromatic N) is 2. The van der Waals surface area contributed by atoms with E-state index in [9.17, 15) is 4.79 Å². The molecule has 0 atom stereocenters. The lowest BCUT2D eigenvalue weighted by Gasteiger charge is -2.08. The molecular weight excluding hydrogens is 318 g/mol. The number of nitrogens with one attached hydrogen (secondary N) is 1. The molecule has 1 heterocycles. The maximum absolute atomic E-state index is 12.0. The smallest absolute Gasteiger partial charge is 0.230 e. The van der Waals surface area contributed by atoms with E-state index < -0.39 is 0 Å². The van der Waals surface area contributed by atoms with Gasteiger partial charge in [-0.2, -0.15) is 16.9 Å². The molecule has 0 saturated heterocycles. The van der Waals surface area contributed by atoms with Gasteiger partial charge >= 0.3 is 0 Å². The van der Waals surface area contributed by atoms with Crippen LogP contribution in [0, 0.1) is 19.8 Å². The second kappa shape index (κ2) is 8.92. The van der Waals surface area contributed by atoms with Crippen LogP contribution in [-0.4, -0.2) is 27.2 Å². The molecule has 0 fully saturated rings. The van der Waals surface area contributed by atoms with Crippen molar-refractivity contribution in [3.8, 4) is 5.69 Å². The molecule has 0 bridgehead atoms. The van der Waals surface area contributed by atoms with Crippen molar-refractivity contribution in [3.63, 3.8) is 0 Å². The monoisotopic (exact) mass is 345 g/mol. The quantitative estimate of drug-likeness (QED) is 0.739. The molecule has 0 aliphatic heterocycles. The fraction of sp³-hybridized carbons (Fsp3) is 0.474. The van der Waals surface area contributed by atoms with Crippen molar-refractivity contribution in [2.45, 2.75) is 40.7 Å². The van der Waals surface area contributed by atoms with Gasteiger partial charge in [0.15, 0.2) is 0 Å². The number of hydrogen-bond acceptors (Lipinski definition) is 3. The second-order valence-corrected chi connectivity index (χ2v) is 7.51. The van der Waals surface area contributed by atoms with Crippen LogP contribution in [0.25, 0.3) is 5.69 Å². The first kappa shape index (κ1) is 18.6. The first-order chi connectivity index (χ1) is 11.5. The van der Waals surface area contributed by atoms with Crippen LogP contribution in [0.3, 0.4) is 0 Å². The van der Waals surface area contributed by atoms with Crippen LogP contribution < -0.4 is 5.32 Å². The van der Waals surface area contributed by atoms with Gasteiger partial charge in [0.2, 0.25) is 5.91 Å². The molecule has 1 aromatic carbocycles. The number of carbonyl (C=O) groups is 1. The molecule has 0 aliphatic carbocycles. The Balaban J connectivity index is 1.91. The highest BCUT2D eigenvalue weighted by Crippen LogP contribution is 2.17. The Hall–Kier alpha value is -1.75.